The lowest BCUT2D eigenvalue weighted by Gasteiger charge is -2.09. The second kappa shape index (κ2) is 11.0. The largest absolute Gasteiger partial charge is 0.383 e. The minimum absolute atomic E-state index is 0. The van der Waals surface area contributed by atoms with Crippen molar-refractivity contribution in [1.29, 1.82) is 0 Å². The Hall–Kier alpha value is -1.97. The summed E-state index contributed by atoms with van der Waals surface area (Å²) >= 11 is 0. The van der Waals surface area contributed by atoms with Crippen molar-refractivity contribution < 1.29 is 17.9 Å². The molecule has 2 aromatic carbocycles. The standard InChI is InChI=1S/C18H23N3O4S.ClH/c1-25-11-10-21-26(23,24)17-8-4-15(5-9-17)13-20-18(22)16-6-2-14(12-19)3-7-16;/h2-9,21H,10-13,19H2,1H3,(H,20,22);1H. The van der Waals surface area contributed by atoms with Crippen LogP contribution < -0.4 is 15.8 Å². The average Bonchev–Trinajstić information content (AvgIpc) is 2.66. The first-order valence-corrected chi connectivity index (χ1v) is 9.59. The lowest BCUT2D eigenvalue weighted by atomic mass is 10.1. The van der Waals surface area contributed by atoms with Crippen molar-refractivity contribution in [1.82, 2.24) is 10.0 Å². The number of benzene rings is 2. The van der Waals surface area contributed by atoms with Crippen molar-refractivity contribution >= 4 is 28.3 Å². The minimum Gasteiger partial charge on any atom is -0.383 e. The van der Waals surface area contributed by atoms with Crippen molar-refractivity contribution in [3.63, 3.8) is 0 Å². The monoisotopic (exact) mass is 413 g/mol. The molecule has 2 aromatic rings. The fraction of sp³-hybridized carbons (Fsp3) is 0.278. The number of hydrogen-bond acceptors (Lipinski definition) is 5. The number of ether oxygens (including phenoxy) is 1. The van der Waals surface area contributed by atoms with E-state index in [0.717, 1.165) is 11.1 Å². The van der Waals surface area contributed by atoms with Crippen LogP contribution >= 0.6 is 12.4 Å². The molecule has 0 aliphatic rings. The molecule has 148 valence electrons. The van der Waals surface area contributed by atoms with Crippen LogP contribution in [-0.2, 0) is 27.8 Å². The number of rotatable bonds is 9. The highest BCUT2D eigenvalue weighted by Crippen LogP contribution is 2.11. The van der Waals surface area contributed by atoms with Crippen molar-refractivity contribution in [3.05, 3.63) is 65.2 Å². The second-order valence-corrected chi connectivity index (χ2v) is 7.39. The van der Waals surface area contributed by atoms with Crippen molar-refractivity contribution in [2.45, 2.75) is 18.0 Å². The van der Waals surface area contributed by atoms with Crippen molar-refractivity contribution in [2.75, 3.05) is 20.3 Å². The summed E-state index contributed by atoms with van der Waals surface area (Å²) in [5.41, 5.74) is 7.83. The molecule has 0 unspecified atom stereocenters. The Morgan fingerprint density at radius 3 is 2.19 bits per heavy atom. The van der Waals surface area contributed by atoms with Crippen LogP contribution in [0, 0.1) is 0 Å². The van der Waals surface area contributed by atoms with Crippen LogP contribution in [0.4, 0.5) is 0 Å². The summed E-state index contributed by atoms with van der Waals surface area (Å²) in [7, 11) is -2.05. The van der Waals surface area contributed by atoms with E-state index < -0.39 is 10.0 Å². The molecule has 0 saturated heterocycles. The van der Waals surface area contributed by atoms with Gasteiger partial charge < -0.3 is 15.8 Å². The highest BCUT2D eigenvalue weighted by molar-refractivity contribution is 7.89. The summed E-state index contributed by atoms with van der Waals surface area (Å²) in [6.45, 7) is 1.24. The van der Waals surface area contributed by atoms with E-state index in [2.05, 4.69) is 10.0 Å². The van der Waals surface area contributed by atoms with Crippen molar-refractivity contribution in [3.8, 4) is 0 Å². The Morgan fingerprint density at radius 1 is 1.04 bits per heavy atom. The van der Waals surface area contributed by atoms with E-state index in [-0.39, 0.29) is 29.8 Å². The molecule has 1 amide bonds. The van der Waals surface area contributed by atoms with Gasteiger partial charge in [-0.1, -0.05) is 24.3 Å². The lowest BCUT2D eigenvalue weighted by Crippen LogP contribution is -2.27. The van der Waals surface area contributed by atoms with Gasteiger partial charge in [-0.25, -0.2) is 13.1 Å². The van der Waals surface area contributed by atoms with Gasteiger partial charge in [0.25, 0.3) is 5.91 Å². The molecule has 4 N–H and O–H groups in total. The summed E-state index contributed by atoms with van der Waals surface area (Å²) < 4.78 is 31.4. The molecule has 0 aliphatic heterocycles. The van der Waals surface area contributed by atoms with Crippen LogP contribution in [0.5, 0.6) is 0 Å². The minimum atomic E-state index is -3.56. The molecule has 0 heterocycles. The number of carbonyl (C=O) groups is 1. The molecule has 0 fully saturated rings. The van der Waals surface area contributed by atoms with Gasteiger partial charge in [0.1, 0.15) is 0 Å². The molecule has 2 rings (SSSR count). The zero-order valence-corrected chi connectivity index (χ0v) is 16.6. The third-order valence-corrected chi connectivity index (χ3v) is 5.21. The maximum atomic E-state index is 12.1. The Balaban J connectivity index is 0.00000364. The molecule has 0 aromatic heterocycles. The van der Waals surface area contributed by atoms with Gasteiger partial charge in [-0.2, -0.15) is 0 Å². The van der Waals surface area contributed by atoms with Crippen LogP contribution in [0.25, 0.3) is 0 Å². The Bertz CT molecular complexity index is 825. The molecule has 9 heteroatoms. The zero-order valence-electron chi connectivity index (χ0n) is 15.0. The van der Waals surface area contributed by atoms with Gasteiger partial charge in [0.15, 0.2) is 0 Å². The number of nitrogens with one attached hydrogen (secondary N) is 2. The smallest absolute Gasteiger partial charge is 0.251 e. The molecular weight excluding hydrogens is 390 g/mol. The number of hydrogen-bond donors (Lipinski definition) is 3. The molecular formula is C18H24ClN3O4S. The van der Waals surface area contributed by atoms with E-state index >= 15 is 0 Å². The SMILES string of the molecule is COCCNS(=O)(=O)c1ccc(CNC(=O)c2ccc(CN)cc2)cc1.Cl. The predicted octanol–water partition coefficient (Wildman–Crippen LogP) is 1.42. The Labute approximate surface area is 165 Å². The van der Waals surface area contributed by atoms with Gasteiger partial charge in [0.05, 0.1) is 11.5 Å². The van der Waals surface area contributed by atoms with Gasteiger partial charge in [-0.3, -0.25) is 4.79 Å². The number of halogens is 1. The first-order valence-electron chi connectivity index (χ1n) is 8.11. The first-order chi connectivity index (χ1) is 12.5. The highest BCUT2D eigenvalue weighted by atomic mass is 35.5. The van der Waals surface area contributed by atoms with Crippen LogP contribution in [0.2, 0.25) is 0 Å². The van der Waals surface area contributed by atoms with Gasteiger partial charge >= 0.3 is 0 Å². The number of sulfonamides is 1. The highest BCUT2D eigenvalue weighted by Gasteiger charge is 2.13. The summed E-state index contributed by atoms with van der Waals surface area (Å²) in [5.74, 6) is -0.202. The van der Waals surface area contributed by atoms with E-state index in [1.165, 1.54) is 19.2 Å². The van der Waals surface area contributed by atoms with E-state index in [0.29, 0.717) is 25.3 Å². The number of nitrogens with two attached hydrogens (primary N) is 1. The Morgan fingerprint density at radius 2 is 1.63 bits per heavy atom. The van der Waals surface area contributed by atoms with E-state index in [9.17, 15) is 13.2 Å². The van der Waals surface area contributed by atoms with Crippen LogP contribution in [-0.4, -0.2) is 34.6 Å². The maximum Gasteiger partial charge on any atom is 0.251 e. The van der Waals surface area contributed by atoms with Gasteiger partial charge in [0.2, 0.25) is 10.0 Å². The van der Waals surface area contributed by atoms with Gasteiger partial charge in [-0.05, 0) is 35.4 Å². The zero-order chi connectivity index (χ0) is 19.0. The van der Waals surface area contributed by atoms with E-state index in [1.807, 2.05) is 12.1 Å². The molecule has 7 nitrogen and oxygen atoms in total. The topological polar surface area (TPSA) is 111 Å². The fourth-order valence-electron chi connectivity index (χ4n) is 2.22. The fourth-order valence-corrected chi connectivity index (χ4v) is 3.24. The molecule has 0 bridgehead atoms. The van der Waals surface area contributed by atoms with Crippen LogP contribution in [0.1, 0.15) is 21.5 Å². The summed E-state index contributed by atoms with van der Waals surface area (Å²) in [6, 6.07) is 13.4. The third kappa shape index (κ3) is 6.93. The quantitative estimate of drug-likeness (QED) is 0.538. The number of methoxy groups -OCH3 is 1. The molecule has 0 spiro atoms. The molecule has 0 aliphatic carbocycles. The third-order valence-electron chi connectivity index (χ3n) is 3.74. The van der Waals surface area contributed by atoms with E-state index in [4.69, 9.17) is 10.5 Å². The van der Waals surface area contributed by atoms with Crippen LogP contribution in [0.3, 0.4) is 0 Å². The molecule has 0 saturated carbocycles. The number of carbonyl (C=O) groups excluding carboxylic acids is 1. The molecule has 0 radical (unpaired) electrons. The van der Waals surface area contributed by atoms with Crippen LogP contribution in [0.15, 0.2) is 53.4 Å². The molecule has 27 heavy (non-hydrogen) atoms. The van der Waals surface area contributed by atoms with Gasteiger partial charge in [0, 0.05) is 32.3 Å². The molecule has 0 atom stereocenters. The lowest BCUT2D eigenvalue weighted by molar-refractivity contribution is 0.0951. The summed E-state index contributed by atoms with van der Waals surface area (Å²) in [5, 5.41) is 2.80. The number of amides is 1. The summed E-state index contributed by atoms with van der Waals surface area (Å²) in [6.07, 6.45) is 0. The summed E-state index contributed by atoms with van der Waals surface area (Å²) in [4.78, 5) is 12.3. The second-order valence-electron chi connectivity index (χ2n) is 5.62. The predicted molar refractivity (Wildman–Crippen MR) is 106 cm³/mol. The normalized spacial score (nSPS) is 10.9. The van der Waals surface area contributed by atoms with Crippen molar-refractivity contribution in [2.24, 2.45) is 5.73 Å². The average molecular weight is 414 g/mol. The maximum absolute atomic E-state index is 12.1. The van der Waals surface area contributed by atoms with Gasteiger partial charge in [-0.15, -0.1) is 12.4 Å². The van der Waals surface area contributed by atoms with E-state index in [1.54, 1.807) is 24.3 Å². The Kier molecular flexibility index (Phi) is 9.40. The first kappa shape index (κ1) is 23.1.